The Labute approximate surface area is 147 Å². The summed E-state index contributed by atoms with van der Waals surface area (Å²) in [6, 6.07) is 3.21. The normalized spacial score (nSPS) is 17.2. The summed E-state index contributed by atoms with van der Waals surface area (Å²) >= 11 is 0. The lowest BCUT2D eigenvalue weighted by Crippen LogP contribution is -2.50. The van der Waals surface area contributed by atoms with Crippen molar-refractivity contribution in [2.45, 2.75) is 38.1 Å². The van der Waals surface area contributed by atoms with E-state index in [4.69, 9.17) is 10.2 Å². The maximum atomic E-state index is 12.5. The zero-order chi connectivity index (χ0) is 18.1. The third-order valence-electron chi connectivity index (χ3n) is 4.22. The number of nitrogens with two attached hydrogens (primary N) is 1. The van der Waals surface area contributed by atoms with Crippen molar-refractivity contribution in [2.75, 3.05) is 26.2 Å². The van der Waals surface area contributed by atoms with Crippen LogP contribution in [0, 0.1) is 0 Å². The van der Waals surface area contributed by atoms with E-state index in [0.29, 0.717) is 26.1 Å². The van der Waals surface area contributed by atoms with Crippen LogP contribution in [0.4, 0.5) is 0 Å². The third kappa shape index (κ3) is 5.90. The Morgan fingerprint density at radius 2 is 2.08 bits per heavy atom. The van der Waals surface area contributed by atoms with E-state index in [1.165, 1.54) is 6.26 Å². The quantitative estimate of drug-likeness (QED) is 0.621. The van der Waals surface area contributed by atoms with Crippen LogP contribution in [-0.2, 0) is 9.59 Å². The molecule has 3 amide bonds. The molecule has 4 N–H and O–H groups in total. The Morgan fingerprint density at radius 1 is 1.24 bits per heavy atom. The van der Waals surface area contributed by atoms with E-state index in [2.05, 4.69) is 10.6 Å². The van der Waals surface area contributed by atoms with Gasteiger partial charge in [-0.25, -0.2) is 0 Å². The molecule has 0 aromatic carbocycles. The molecule has 0 radical (unpaired) electrons. The predicted octanol–water partition coefficient (Wildman–Crippen LogP) is 0.246. The van der Waals surface area contributed by atoms with Crippen molar-refractivity contribution in [1.29, 1.82) is 0 Å². The van der Waals surface area contributed by atoms with Crippen LogP contribution in [0.1, 0.15) is 42.7 Å². The van der Waals surface area contributed by atoms with Crippen molar-refractivity contribution in [2.24, 2.45) is 5.73 Å². The lowest BCUT2D eigenvalue weighted by atomic mass is 10.0. The van der Waals surface area contributed by atoms with Gasteiger partial charge in [0, 0.05) is 45.1 Å². The standard InChI is InChI=1S/C17H26N4O4/c18-8-6-15(22)20-12-13-4-1-2-10-21(13)16(23)7-9-19-17(24)14-5-3-11-25-14/h3,5,11,13H,1-2,4,6-10,12,18H2,(H,19,24)(H,20,22). The van der Waals surface area contributed by atoms with Crippen molar-refractivity contribution in [1.82, 2.24) is 15.5 Å². The first-order chi connectivity index (χ1) is 12.1. The molecular weight excluding hydrogens is 324 g/mol. The van der Waals surface area contributed by atoms with Gasteiger partial charge in [-0.15, -0.1) is 0 Å². The van der Waals surface area contributed by atoms with Gasteiger partial charge in [0.15, 0.2) is 5.76 Å². The molecule has 1 unspecified atom stereocenters. The second-order valence-electron chi connectivity index (χ2n) is 6.06. The van der Waals surface area contributed by atoms with Crippen molar-refractivity contribution >= 4 is 17.7 Å². The topological polar surface area (TPSA) is 118 Å². The van der Waals surface area contributed by atoms with Crippen LogP contribution in [0.15, 0.2) is 22.8 Å². The van der Waals surface area contributed by atoms with Crippen molar-refractivity contribution in [3.63, 3.8) is 0 Å². The minimum absolute atomic E-state index is 0.00347. The number of nitrogens with one attached hydrogen (secondary N) is 2. The Kier molecular flexibility index (Phi) is 7.46. The van der Waals surface area contributed by atoms with Gasteiger partial charge in [-0.3, -0.25) is 14.4 Å². The average Bonchev–Trinajstić information content (AvgIpc) is 3.15. The first-order valence-corrected chi connectivity index (χ1v) is 8.69. The van der Waals surface area contributed by atoms with Crippen molar-refractivity contribution in [3.8, 4) is 0 Å². The smallest absolute Gasteiger partial charge is 0.286 e. The lowest BCUT2D eigenvalue weighted by Gasteiger charge is -2.36. The fourth-order valence-corrected chi connectivity index (χ4v) is 2.91. The Hall–Kier alpha value is -2.35. The molecule has 1 aromatic rings. The maximum Gasteiger partial charge on any atom is 0.286 e. The van der Waals surface area contributed by atoms with E-state index < -0.39 is 0 Å². The molecule has 1 aliphatic heterocycles. The zero-order valence-corrected chi connectivity index (χ0v) is 14.3. The highest BCUT2D eigenvalue weighted by atomic mass is 16.3. The SMILES string of the molecule is NCCC(=O)NCC1CCCCN1C(=O)CCNC(=O)c1ccco1. The molecule has 1 aromatic heterocycles. The third-order valence-corrected chi connectivity index (χ3v) is 4.22. The van der Waals surface area contributed by atoms with Gasteiger partial charge >= 0.3 is 0 Å². The van der Waals surface area contributed by atoms with Crippen LogP contribution in [0.25, 0.3) is 0 Å². The van der Waals surface area contributed by atoms with E-state index in [9.17, 15) is 14.4 Å². The summed E-state index contributed by atoms with van der Waals surface area (Å²) in [5.41, 5.74) is 5.36. The van der Waals surface area contributed by atoms with E-state index in [-0.39, 0.29) is 42.5 Å². The van der Waals surface area contributed by atoms with E-state index in [0.717, 1.165) is 19.3 Å². The molecule has 0 bridgehead atoms. The summed E-state index contributed by atoms with van der Waals surface area (Å²) in [5, 5.41) is 5.51. The molecule has 138 valence electrons. The number of carbonyl (C=O) groups is 3. The van der Waals surface area contributed by atoms with Crippen LogP contribution in [-0.4, -0.2) is 54.8 Å². The van der Waals surface area contributed by atoms with Gasteiger partial charge < -0.3 is 25.7 Å². The molecule has 1 fully saturated rings. The molecule has 1 saturated heterocycles. The molecular formula is C17H26N4O4. The van der Waals surface area contributed by atoms with Gasteiger partial charge in [-0.1, -0.05) is 0 Å². The minimum Gasteiger partial charge on any atom is -0.459 e. The fraction of sp³-hybridized carbons (Fsp3) is 0.588. The van der Waals surface area contributed by atoms with Crippen LogP contribution in [0.2, 0.25) is 0 Å². The largest absolute Gasteiger partial charge is 0.459 e. The molecule has 1 atom stereocenters. The molecule has 0 aliphatic carbocycles. The number of hydrogen-bond donors (Lipinski definition) is 3. The monoisotopic (exact) mass is 350 g/mol. The first kappa shape index (κ1) is 19.0. The van der Waals surface area contributed by atoms with E-state index >= 15 is 0 Å². The number of carbonyl (C=O) groups excluding carboxylic acids is 3. The van der Waals surface area contributed by atoms with Crippen molar-refractivity contribution in [3.05, 3.63) is 24.2 Å². The summed E-state index contributed by atoms with van der Waals surface area (Å²) in [6.45, 7) is 1.70. The first-order valence-electron chi connectivity index (χ1n) is 8.69. The second kappa shape index (κ2) is 9.83. The molecule has 0 saturated carbocycles. The molecule has 1 aliphatic rings. The van der Waals surface area contributed by atoms with Gasteiger partial charge in [0.05, 0.1) is 6.26 Å². The number of likely N-dealkylation sites (tertiary alicyclic amines) is 1. The molecule has 8 nitrogen and oxygen atoms in total. The molecule has 2 rings (SSSR count). The van der Waals surface area contributed by atoms with Gasteiger partial charge in [0.1, 0.15) is 0 Å². The average molecular weight is 350 g/mol. The molecule has 25 heavy (non-hydrogen) atoms. The molecule has 8 heteroatoms. The van der Waals surface area contributed by atoms with E-state index in [1.54, 1.807) is 12.1 Å². The van der Waals surface area contributed by atoms with Crippen LogP contribution < -0.4 is 16.4 Å². The molecule has 2 heterocycles. The van der Waals surface area contributed by atoms with Gasteiger partial charge in [0.2, 0.25) is 11.8 Å². The highest BCUT2D eigenvalue weighted by molar-refractivity contribution is 5.91. The number of hydrogen-bond acceptors (Lipinski definition) is 5. The van der Waals surface area contributed by atoms with Crippen LogP contribution >= 0.6 is 0 Å². The van der Waals surface area contributed by atoms with Crippen LogP contribution in [0.3, 0.4) is 0 Å². The molecule has 0 spiro atoms. The fourth-order valence-electron chi connectivity index (χ4n) is 2.91. The summed E-state index contributed by atoms with van der Waals surface area (Å²) < 4.78 is 5.00. The minimum atomic E-state index is -0.331. The number of furan rings is 1. The number of nitrogens with zero attached hydrogens (tertiary/aromatic N) is 1. The summed E-state index contributed by atoms with van der Waals surface area (Å²) in [5.74, 6) is -0.211. The summed E-state index contributed by atoms with van der Waals surface area (Å²) in [6.07, 6.45) is 4.80. The predicted molar refractivity (Wildman–Crippen MR) is 91.7 cm³/mol. The zero-order valence-electron chi connectivity index (χ0n) is 14.3. The maximum absolute atomic E-state index is 12.5. The Morgan fingerprint density at radius 3 is 2.80 bits per heavy atom. The highest BCUT2D eigenvalue weighted by Gasteiger charge is 2.26. The number of amides is 3. The number of rotatable bonds is 8. The van der Waals surface area contributed by atoms with Crippen LogP contribution in [0.5, 0.6) is 0 Å². The summed E-state index contributed by atoms with van der Waals surface area (Å²) in [7, 11) is 0. The Bertz CT molecular complexity index is 573. The van der Waals surface area contributed by atoms with Gasteiger partial charge in [0.25, 0.3) is 5.91 Å². The number of piperidine rings is 1. The second-order valence-corrected chi connectivity index (χ2v) is 6.06. The van der Waals surface area contributed by atoms with Gasteiger partial charge in [-0.05, 0) is 31.4 Å². The highest BCUT2D eigenvalue weighted by Crippen LogP contribution is 2.17. The van der Waals surface area contributed by atoms with E-state index in [1.807, 2.05) is 4.90 Å². The van der Waals surface area contributed by atoms with Crippen molar-refractivity contribution < 1.29 is 18.8 Å². The Balaban J connectivity index is 1.77. The summed E-state index contributed by atoms with van der Waals surface area (Å²) in [4.78, 5) is 37.6. The lowest BCUT2D eigenvalue weighted by molar-refractivity contribution is -0.135. The van der Waals surface area contributed by atoms with Gasteiger partial charge in [-0.2, -0.15) is 0 Å².